The maximum absolute atomic E-state index is 5.23. The summed E-state index contributed by atoms with van der Waals surface area (Å²) < 4.78 is 5.23. The summed E-state index contributed by atoms with van der Waals surface area (Å²) in [5.74, 6) is 0. The second-order valence-electron chi connectivity index (χ2n) is 7.23. The van der Waals surface area contributed by atoms with Gasteiger partial charge in [0.2, 0.25) is 0 Å². The van der Waals surface area contributed by atoms with E-state index in [1.807, 2.05) is 11.3 Å². The molecule has 0 N–H and O–H groups in total. The third-order valence-corrected chi connectivity index (χ3v) is 6.67. The van der Waals surface area contributed by atoms with E-state index < -0.39 is 0 Å². The maximum Gasteiger partial charge on any atom is 0.0805 e. The quantitative estimate of drug-likeness (QED) is 0.839. The van der Waals surface area contributed by atoms with E-state index in [4.69, 9.17) is 4.74 Å². The van der Waals surface area contributed by atoms with E-state index >= 15 is 0 Å². The van der Waals surface area contributed by atoms with Gasteiger partial charge < -0.3 is 9.64 Å². The summed E-state index contributed by atoms with van der Waals surface area (Å²) >= 11 is 1.89. The Labute approximate surface area is 148 Å². The number of nitrogens with zero attached hydrogens (tertiary/aromatic N) is 2. The smallest absolute Gasteiger partial charge is 0.0805 e. The van der Waals surface area contributed by atoms with Crippen molar-refractivity contribution in [3.63, 3.8) is 0 Å². The minimum atomic E-state index is 0.374. The molecule has 1 aromatic carbocycles. The topological polar surface area (TPSA) is 15.7 Å². The summed E-state index contributed by atoms with van der Waals surface area (Å²) in [5.41, 5.74) is 3.39. The van der Waals surface area contributed by atoms with Crippen LogP contribution in [0.3, 0.4) is 0 Å². The first-order chi connectivity index (χ1) is 11.7. The first-order valence-electron chi connectivity index (χ1n) is 8.80. The van der Waals surface area contributed by atoms with Crippen LogP contribution in [0.25, 0.3) is 0 Å². The molecule has 1 fully saturated rings. The number of benzene rings is 1. The standard InChI is InChI=1S/C20H26N2OS/c1-21-15-20(18-5-3-4-6-19(18)21)9-11-22(12-10-20)13-16-7-8-17(24-16)14-23-2/h3-8H,9-15H2,1-2H3. The Kier molecular flexibility index (Phi) is 4.37. The number of hydrogen-bond donors (Lipinski definition) is 0. The molecule has 0 radical (unpaired) electrons. The average Bonchev–Trinajstić information content (AvgIpc) is 3.14. The minimum Gasteiger partial charge on any atom is -0.379 e. The Hall–Kier alpha value is -1.36. The molecule has 128 valence electrons. The first kappa shape index (κ1) is 16.1. The van der Waals surface area contributed by atoms with Crippen molar-refractivity contribution in [1.82, 2.24) is 4.90 Å². The van der Waals surface area contributed by atoms with E-state index in [9.17, 15) is 0 Å². The van der Waals surface area contributed by atoms with E-state index in [1.54, 1.807) is 12.7 Å². The number of rotatable bonds is 4. The lowest BCUT2D eigenvalue weighted by atomic mass is 9.74. The van der Waals surface area contributed by atoms with Crippen molar-refractivity contribution in [1.29, 1.82) is 0 Å². The SMILES string of the molecule is COCc1ccc(CN2CCC3(CC2)CN(C)c2ccccc23)s1. The van der Waals surface area contributed by atoms with Gasteiger partial charge in [-0.1, -0.05) is 18.2 Å². The third-order valence-electron chi connectivity index (χ3n) is 5.62. The Morgan fingerprint density at radius 2 is 1.83 bits per heavy atom. The number of likely N-dealkylation sites (N-methyl/N-ethyl adjacent to an activating group) is 1. The molecule has 4 rings (SSSR count). The molecular formula is C20H26N2OS. The maximum atomic E-state index is 5.23. The second-order valence-corrected chi connectivity index (χ2v) is 8.48. The fraction of sp³-hybridized carbons (Fsp3) is 0.500. The van der Waals surface area contributed by atoms with Crippen LogP contribution in [-0.4, -0.2) is 38.7 Å². The molecule has 0 unspecified atom stereocenters. The van der Waals surface area contributed by atoms with Gasteiger partial charge in [0.05, 0.1) is 6.61 Å². The molecule has 1 saturated heterocycles. The first-order valence-corrected chi connectivity index (χ1v) is 9.61. The second kappa shape index (κ2) is 6.51. The number of hydrogen-bond acceptors (Lipinski definition) is 4. The van der Waals surface area contributed by atoms with Crippen LogP contribution < -0.4 is 4.90 Å². The zero-order valence-electron chi connectivity index (χ0n) is 14.6. The highest BCUT2D eigenvalue weighted by Crippen LogP contribution is 2.46. The van der Waals surface area contributed by atoms with Crippen LogP contribution in [0.4, 0.5) is 5.69 Å². The molecule has 1 spiro atoms. The van der Waals surface area contributed by atoms with Crippen molar-refractivity contribution in [2.45, 2.75) is 31.4 Å². The molecule has 0 atom stereocenters. The van der Waals surface area contributed by atoms with Gasteiger partial charge in [-0.05, 0) is 49.7 Å². The molecule has 3 nitrogen and oxygen atoms in total. The molecule has 4 heteroatoms. The van der Waals surface area contributed by atoms with Crippen LogP contribution in [-0.2, 0) is 23.3 Å². The number of likely N-dealkylation sites (tertiary alicyclic amines) is 1. The zero-order chi connectivity index (χ0) is 16.6. The molecule has 0 saturated carbocycles. The van der Waals surface area contributed by atoms with Crippen LogP contribution in [0, 0.1) is 0 Å². The van der Waals surface area contributed by atoms with Crippen LogP contribution in [0.2, 0.25) is 0 Å². The van der Waals surface area contributed by atoms with Gasteiger partial charge >= 0.3 is 0 Å². The highest BCUT2D eigenvalue weighted by molar-refractivity contribution is 7.11. The fourth-order valence-electron chi connectivity index (χ4n) is 4.39. The summed E-state index contributed by atoms with van der Waals surface area (Å²) in [7, 11) is 4.00. The van der Waals surface area contributed by atoms with Crippen molar-refractivity contribution < 1.29 is 4.74 Å². The molecule has 24 heavy (non-hydrogen) atoms. The van der Waals surface area contributed by atoms with Crippen molar-refractivity contribution in [2.24, 2.45) is 0 Å². The Morgan fingerprint density at radius 1 is 1.08 bits per heavy atom. The number of para-hydroxylation sites is 1. The van der Waals surface area contributed by atoms with Gasteiger partial charge in [0.25, 0.3) is 0 Å². The summed E-state index contributed by atoms with van der Waals surface area (Å²) in [6.07, 6.45) is 2.54. The van der Waals surface area contributed by atoms with Gasteiger partial charge in [-0.2, -0.15) is 0 Å². The molecule has 0 bridgehead atoms. The number of methoxy groups -OCH3 is 1. The lowest BCUT2D eigenvalue weighted by Gasteiger charge is -2.39. The van der Waals surface area contributed by atoms with Gasteiger partial charge in [0, 0.05) is 48.1 Å². The summed E-state index contributed by atoms with van der Waals surface area (Å²) in [5, 5.41) is 0. The van der Waals surface area contributed by atoms with Gasteiger partial charge in [-0.15, -0.1) is 11.3 Å². The van der Waals surface area contributed by atoms with E-state index in [-0.39, 0.29) is 0 Å². The fourth-order valence-corrected chi connectivity index (χ4v) is 5.43. The Bertz CT molecular complexity index is 703. The van der Waals surface area contributed by atoms with Crippen LogP contribution in [0.15, 0.2) is 36.4 Å². The number of thiophene rings is 1. The van der Waals surface area contributed by atoms with Gasteiger partial charge in [0.1, 0.15) is 0 Å². The number of fused-ring (bicyclic) bond motifs is 2. The molecule has 2 aromatic rings. The van der Waals surface area contributed by atoms with Crippen molar-refractivity contribution in [2.75, 3.05) is 38.7 Å². The lowest BCUT2D eigenvalue weighted by Crippen LogP contribution is -2.44. The highest BCUT2D eigenvalue weighted by Gasteiger charge is 2.43. The monoisotopic (exact) mass is 342 g/mol. The van der Waals surface area contributed by atoms with Crippen LogP contribution in [0.1, 0.15) is 28.2 Å². The average molecular weight is 343 g/mol. The van der Waals surface area contributed by atoms with Gasteiger partial charge in [0.15, 0.2) is 0 Å². The van der Waals surface area contributed by atoms with E-state index in [1.165, 1.54) is 47.9 Å². The third kappa shape index (κ3) is 2.87. The Morgan fingerprint density at radius 3 is 2.62 bits per heavy atom. The highest BCUT2D eigenvalue weighted by atomic mass is 32.1. The molecule has 0 amide bonds. The Balaban J connectivity index is 1.42. The predicted molar refractivity (Wildman–Crippen MR) is 101 cm³/mol. The largest absolute Gasteiger partial charge is 0.379 e. The van der Waals surface area contributed by atoms with E-state index in [2.05, 4.69) is 53.2 Å². The van der Waals surface area contributed by atoms with E-state index in [0.717, 1.165) is 13.2 Å². The number of piperidine rings is 1. The molecule has 2 aliphatic heterocycles. The normalized spacial score (nSPS) is 19.8. The molecule has 3 heterocycles. The summed E-state index contributed by atoms with van der Waals surface area (Å²) in [6, 6.07) is 13.5. The zero-order valence-corrected chi connectivity index (χ0v) is 15.4. The summed E-state index contributed by atoms with van der Waals surface area (Å²) in [4.78, 5) is 7.85. The van der Waals surface area contributed by atoms with Crippen LogP contribution in [0.5, 0.6) is 0 Å². The molecule has 0 aliphatic carbocycles. The number of ether oxygens (including phenoxy) is 1. The minimum absolute atomic E-state index is 0.374. The van der Waals surface area contributed by atoms with Gasteiger partial charge in [-0.3, -0.25) is 4.90 Å². The summed E-state index contributed by atoms with van der Waals surface area (Å²) in [6.45, 7) is 5.38. The van der Waals surface area contributed by atoms with Crippen molar-refractivity contribution in [3.05, 3.63) is 51.7 Å². The van der Waals surface area contributed by atoms with Gasteiger partial charge in [-0.25, -0.2) is 0 Å². The number of anilines is 1. The van der Waals surface area contributed by atoms with Crippen molar-refractivity contribution in [3.8, 4) is 0 Å². The molecule has 1 aromatic heterocycles. The van der Waals surface area contributed by atoms with Crippen LogP contribution >= 0.6 is 11.3 Å². The predicted octanol–water partition coefficient (Wildman–Crippen LogP) is 3.88. The molecular weight excluding hydrogens is 316 g/mol. The lowest BCUT2D eigenvalue weighted by molar-refractivity contribution is 0.161. The van der Waals surface area contributed by atoms with Crippen molar-refractivity contribution >= 4 is 17.0 Å². The van der Waals surface area contributed by atoms with E-state index in [0.29, 0.717) is 5.41 Å². The molecule has 2 aliphatic rings.